The standard InChI is InChI=1S/C18H20Cl2N2O4S/c1-4-22(5-2)27(24,25)13-7-9-17(26-3)14(11-13)18(23)21-12-6-8-15(19)16(20)10-12/h6-11H,4-5H2,1-3H3,(H,21,23). The van der Waals surface area contributed by atoms with E-state index in [2.05, 4.69) is 5.32 Å². The van der Waals surface area contributed by atoms with Crippen LogP contribution >= 0.6 is 23.2 Å². The van der Waals surface area contributed by atoms with Crippen molar-refractivity contribution in [2.45, 2.75) is 18.7 Å². The van der Waals surface area contributed by atoms with Gasteiger partial charge < -0.3 is 10.1 Å². The molecule has 9 heteroatoms. The van der Waals surface area contributed by atoms with Crippen LogP contribution in [0.15, 0.2) is 41.3 Å². The maximum Gasteiger partial charge on any atom is 0.259 e. The van der Waals surface area contributed by atoms with E-state index in [0.29, 0.717) is 28.8 Å². The minimum Gasteiger partial charge on any atom is -0.496 e. The van der Waals surface area contributed by atoms with Gasteiger partial charge >= 0.3 is 0 Å². The van der Waals surface area contributed by atoms with Crippen molar-refractivity contribution < 1.29 is 17.9 Å². The molecule has 6 nitrogen and oxygen atoms in total. The van der Waals surface area contributed by atoms with Gasteiger partial charge in [0.05, 0.1) is 27.6 Å². The molecule has 0 atom stereocenters. The van der Waals surface area contributed by atoms with E-state index in [0.717, 1.165) is 0 Å². The molecule has 0 saturated carbocycles. The molecular formula is C18H20Cl2N2O4S. The molecule has 0 radical (unpaired) electrons. The Morgan fingerprint density at radius 3 is 2.30 bits per heavy atom. The summed E-state index contributed by atoms with van der Waals surface area (Å²) in [5.41, 5.74) is 0.519. The summed E-state index contributed by atoms with van der Waals surface area (Å²) in [6, 6.07) is 8.83. The summed E-state index contributed by atoms with van der Waals surface area (Å²) in [7, 11) is -2.30. The lowest BCUT2D eigenvalue weighted by Crippen LogP contribution is -2.30. The van der Waals surface area contributed by atoms with Gasteiger partial charge in [0.15, 0.2) is 0 Å². The van der Waals surface area contributed by atoms with Crippen LogP contribution in [0.25, 0.3) is 0 Å². The molecule has 0 unspecified atom stereocenters. The number of ether oxygens (including phenoxy) is 1. The number of hydrogen-bond donors (Lipinski definition) is 1. The van der Waals surface area contributed by atoms with E-state index >= 15 is 0 Å². The summed E-state index contributed by atoms with van der Waals surface area (Å²) in [6.45, 7) is 4.16. The van der Waals surface area contributed by atoms with Crippen LogP contribution in [0.1, 0.15) is 24.2 Å². The Morgan fingerprint density at radius 2 is 1.74 bits per heavy atom. The summed E-state index contributed by atoms with van der Waals surface area (Å²) in [4.78, 5) is 12.7. The first kappa shape index (κ1) is 21.5. The second-order valence-electron chi connectivity index (χ2n) is 5.53. The Bertz CT molecular complexity index is 944. The number of anilines is 1. The quantitative estimate of drug-likeness (QED) is 0.710. The Kier molecular flexibility index (Phi) is 7.11. The number of amides is 1. The SMILES string of the molecule is CCN(CC)S(=O)(=O)c1ccc(OC)c(C(=O)Nc2ccc(Cl)c(Cl)c2)c1. The third-order valence-electron chi connectivity index (χ3n) is 3.94. The Morgan fingerprint density at radius 1 is 1.07 bits per heavy atom. The summed E-state index contributed by atoms with van der Waals surface area (Å²) in [6.07, 6.45) is 0. The van der Waals surface area contributed by atoms with E-state index in [1.54, 1.807) is 26.0 Å². The minimum atomic E-state index is -3.71. The van der Waals surface area contributed by atoms with Gasteiger partial charge in [-0.05, 0) is 36.4 Å². The van der Waals surface area contributed by atoms with Crippen molar-refractivity contribution in [2.24, 2.45) is 0 Å². The molecule has 1 N–H and O–H groups in total. The van der Waals surface area contributed by atoms with Gasteiger partial charge in [-0.3, -0.25) is 4.79 Å². The molecule has 0 heterocycles. The Hall–Kier alpha value is -1.80. The first-order valence-corrected chi connectivity index (χ1v) is 10.4. The van der Waals surface area contributed by atoms with E-state index in [9.17, 15) is 13.2 Å². The molecule has 27 heavy (non-hydrogen) atoms. The molecule has 0 aliphatic rings. The second kappa shape index (κ2) is 8.93. The molecule has 0 spiro atoms. The highest BCUT2D eigenvalue weighted by molar-refractivity contribution is 7.89. The van der Waals surface area contributed by atoms with Crippen LogP contribution in [0, 0.1) is 0 Å². The van der Waals surface area contributed by atoms with Crippen molar-refractivity contribution in [1.29, 1.82) is 0 Å². The normalized spacial score (nSPS) is 11.5. The van der Waals surface area contributed by atoms with Crippen molar-refractivity contribution in [3.05, 3.63) is 52.0 Å². The summed E-state index contributed by atoms with van der Waals surface area (Å²) in [5.74, 6) is -0.270. The number of benzene rings is 2. The average molecular weight is 431 g/mol. The van der Waals surface area contributed by atoms with Gasteiger partial charge in [0.2, 0.25) is 10.0 Å². The van der Waals surface area contributed by atoms with Crippen LogP contribution in [-0.4, -0.2) is 38.8 Å². The lowest BCUT2D eigenvalue weighted by Gasteiger charge is -2.19. The van der Waals surface area contributed by atoms with Crippen molar-refractivity contribution in [2.75, 3.05) is 25.5 Å². The lowest BCUT2D eigenvalue weighted by atomic mass is 10.2. The van der Waals surface area contributed by atoms with Crippen LogP contribution in [0.3, 0.4) is 0 Å². The molecule has 0 aromatic heterocycles. The number of hydrogen-bond acceptors (Lipinski definition) is 4. The number of sulfonamides is 1. The second-order valence-corrected chi connectivity index (χ2v) is 8.29. The average Bonchev–Trinajstić information content (AvgIpc) is 2.64. The monoisotopic (exact) mass is 430 g/mol. The maximum atomic E-state index is 12.7. The molecular weight excluding hydrogens is 411 g/mol. The van der Waals surface area contributed by atoms with Crippen LogP contribution < -0.4 is 10.1 Å². The van der Waals surface area contributed by atoms with Gasteiger partial charge in [0.25, 0.3) is 5.91 Å². The zero-order chi connectivity index (χ0) is 20.2. The highest BCUT2D eigenvalue weighted by atomic mass is 35.5. The van der Waals surface area contributed by atoms with Crippen molar-refractivity contribution in [3.63, 3.8) is 0 Å². The molecule has 0 bridgehead atoms. The van der Waals surface area contributed by atoms with Crippen LogP contribution in [0.2, 0.25) is 10.0 Å². The third-order valence-corrected chi connectivity index (χ3v) is 6.72. The van der Waals surface area contributed by atoms with E-state index < -0.39 is 15.9 Å². The number of carbonyl (C=O) groups excluding carboxylic acids is 1. The first-order valence-electron chi connectivity index (χ1n) is 8.19. The molecule has 146 valence electrons. The number of nitrogens with zero attached hydrogens (tertiary/aromatic N) is 1. The molecule has 2 rings (SSSR count). The number of halogens is 2. The molecule has 0 fully saturated rings. The molecule has 2 aromatic rings. The predicted molar refractivity (Wildman–Crippen MR) is 108 cm³/mol. The molecule has 0 saturated heterocycles. The molecule has 0 aliphatic heterocycles. The van der Waals surface area contributed by atoms with Gasteiger partial charge in [-0.2, -0.15) is 4.31 Å². The fraction of sp³-hybridized carbons (Fsp3) is 0.278. The summed E-state index contributed by atoms with van der Waals surface area (Å²) < 4.78 is 32.0. The van der Waals surface area contributed by atoms with E-state index in [-0.39, 0.29) is 16.2 Å². The molecule has 2 aromatic carbocycles. The fourth-order valence-electron chi connectivity index (χ4n) is 2.51. The van der Waals surface area contributed by atoms with Gasteiger partial charge in [-0.15, -0.1) is 0 Å². The van der Waals surface area contributed by atoms with E-state index in [1.807, 2.05) is 0 Å². The van der Waals surface area contributed by atoms with Crippen molar-refractivity contribution in [1.82, 2.24) is 4.31 Å². The van der Waals surface area contributed by atoms with Gasteiger partial charge in [0, 0.05) is 18.8 Å². The van der Waals surface area contributed by atoms with E-state index in [4.69, 9.17) is 27.9 Å². The van der Waals surface area contributed by atoms with Crippen molar-refractivity contribution >= 4 is 44.8 Å². The number of nitrogens with one attached hydrogen (secondary N) is 1. The van der Waals surface area contributed by atoms with E-state index in [1.165, 1.54) is 35.7 Å². The predicted octanol–water partition coefficient (Wildman–Crippen LogP) is 4.28. The third kappa shape index (κ3) is 4.73. The number of methoxy groups -OCH3 is 1. The zero-order valence-electron chi connectivity index (χ0n) is 15.1. The summed E-state index contributed by atoms with van der Waals surface area (Å²) >= 11 is 11.8. The maximum absolute atomic E-state index is 12.7. The van der Waals surface area contributed by atoms with Gasteiger partial charge in [-0.1, -0.05) is 37.0 Å². The zero-order valence-corrected chi connectivity index (χ0v) is 17.5. The highest BCUT2D eigenvalue weighted by Crippen LogP contribution is 2.28. The highest BCUT2D eigenvalue weighted by Gasteiger charge is 2.24. The van der Waals surface area contributed by atoms with Gasteiger partial charge in [-0.25, -0.2) is 8.42 Å². The Balaban J connectivity index is 2.42. The largest absolute Gasteiger partial charge is 0.496 e. The first-order chi connectivity index (χ1) is 12.7. The van der Waals surface area contributed by atoms with Gasteiger partial charge in [0.1, 0.15) is 5.75 Å². The minimum absolute atomic E-state index is 0.0197. The topological polar surface area (TPSA) is 75.7 Å². The summed E-state index contributed by atoms with van der Waals surface area (Å²) in [5, 5.41) is 3.32. The lowest BCUT2D eigenvalue weighted by molar-refractivity contribution is 0.102. The smallest absolute Gasteiger partial charge is 0.259 e. The molecule has 1 amide bonds. The fourth-order valence-corrected chi connectivity index (χ4v) is 4.29. The Labute approximate surface area is 169 Å². The number of carbonyl (C=O) groups is 1. The van der Waals surface area contributed by atoms with Crippen LogP contribution in [-0.2, 0) is 10.0 Å². The molecule has 0 aliphatic carbocycles. The number of rotatable bonds is 7. The van der Waals surface area contributed by atoms with Crippen LogP contribution in [0.4, 0.5) is 5.69 Å². The van der Waals surface area contributed by atoms with Crippen molar-refractivity contribution in [3.8, 4) is 5.75 Å². The van der Waals surface area contributed by atoms with Crippen LogP contribution in [0.5, 0.6) is 5.75 Å².